The van der Waals surface area contributed by atoms with Crippen LogP contribution in [0.4, 0.5) is 22.0 Å². The van der Waals surface area contributed by atoms with Crippen molar-refractivity contribution in [2.45, 2.75) is 0 Å². The molecule has 0 fully saturated rings. The van der Waals surface area contributed by atoms with Crippen molar-refractivity contribution in [1.82, 2.24) is 10.6 Å². The lowest BCUT2D eigenvalue weighted by molar-refractivity contribution is -0.126. The van der Waals surface area contributed by atoms with E-state index in [1.165, 1.54) is 0 Å². The lowest BCUT2D eigenvalue weighted by atomic mass is 10.1. The molecular weight excluding hydrogens is 355 g/mol. The molecule has 0 aliphatic heterocycles. The number of nitrogens with one attached hydrogen (secondary N) is 2. The number of hydrogen-bond donors (Lipinski definition) is 4. The molecule has 0 unspecified atom stereocenters. The first-order valence-corrected chi connectivity index (χ1v) is 6.38. The van der Waals surface area contributed by atoms with E-state index >= 15 is 0 Å². The molecule has 0 aromatic heterocycles. The zero-order chi connectivity index (χ0) is 19.3. The Morgan fingerprint density at radius 3 is 1.76 bits per heavy atom. The zero-order valence-corrected chi connectivity index (χ0v) is 12.3. The number of benzene rings is 1. The summed E-state index contributed by atoms with van der Waals surface area (Å²) in [4.78, 5) is 33.2. The summed E-state index contributed by atoms with van der Waals surface area (Å²) in [5, 5.41) is 3.92. The second kappa shape index (κ2) is 8.08. The molecule has 6 N–H and O–H groups in total. The molecule has 1 rings (SSSR count). The van der Waals surface area contributed by atoms with Gasteiger partial charge in [-0.1, -0.05) is 0 Å². The minimum atomic E-state index is -2.36. The molecule has 1 aromatic carbocycles. The fraction of sp³-hybridized carbons (Fsp3) is 0.154. The van der Waals surface area contributed by atoms with Gasteiger partial charge in [-0.2, -0.15) is 0 Å². The average molecular weight is 366 g/mol. The van der Waals surface area contributed by atoms with E-state index in [0.29, 0.717) is 0 Å². The number of rotatable bonds is 6. The predicted octanol–water partition coefficient (Wildman–Crippen LogP) is -0.601. The third-order valence-corrected chi connectivity index (χ3v) is 2.68. The Labute approximate surface area is 136 Å². The molecule has 1 aromatic rings. The topological polar surface area (TPSA) is 127 Å². The van der Waals surface area contributed by atoms with Crippen LogP contribution in [-0.2, 0) is 14.4 Å². The van der Waals surface area contributed by atoms with Crippen LogP contribution >= 0.6 is 0 Å². The fourth-order valence-corrected chi connectivity index (χ4v) is 1.48. The van der Waals surface area contributed by atoms with Crippen molar-refractivity contribution in [3.8, 4) is 0 Å². The first-order chi connectivity index (χ1) is 11.6. The maximum absolute atomic E-state index is 13.5. The molecule has 0 heterocycles. The first-order valence-electron chi connectivity index (χ1n) is 6.38. The largest absolute Gasteiger partial charge is 0.394 e. The first kappa shape index (κ1) is 19.9. The lowest BCUT2D eigenvalue weighted by Gasteiger charge is -2.07. The average Bonchev–Trinajstić information content (AvgIpc) is 2.57. The molecule has 3 amide bonds. The summed E-state index contributed by atoms with van der Waals surface area (Å²) < 4.78 is 65.9. The Morgan fingerprint density at radius 1 is 0.800 bits per heavy atom. The molecule has 0 saturated heterocycles. The van der Waals surface area contributed by atoms with E-state index in [1.54, 1.807) is 0 Å². The number of carbonyl (C=O) groups excluding carboxylic acids is 3. The Morgan fingerprint density at radius 2 is 1.28 bits per heavy atom. The van der Waals surface area contributed by atoms with Crippen LogP contribution in [0.5, 0.6) is 0 Å². The highest BCUT2D eigenvalue weighted by atomic mass is 19.2. The van der Waals surface area contributed by atoms with Crippen LogP contribution in [0.2, 0.25) is 0 Å². The highest BCUT2D eigenvalue weighted by molar-refractivity contribution is 5.98. The highest BCUT2D eigenvalue weighted by Crippen LogP contribution is 2.24. The van der Waals surface area contributed by atoms with Crippen LogP contribution in [0.3, 0.4) is 0 Å². The summed E-state index contributed by atoms with van der Waals surface area (Å²) in [6, 6.07) is 0. The third-order valence-electron chi connectivity index (χ3n) is 2.68. The molecule has 0 bridgehead atoms. The summed E-state index contributed by atoms with van der Waals surface area (Å²) in [6.45, 7) is -1.18. The van der Waals surface area contributed by atoms with Gasteiger partial charge in [-0.15, -0.1) is 0 Å². The van der Waals surface area contributed by atoms with Crippen LogP contribution in [0.15, 0.2) is 5.70 Å². The van der Waals surface area contributed by atoms with Crippen molar-refractivity contribution < 1.29 is 36.3 Å². The van der Waals surface area contributed by atoms with E-state index in [0.717, 1.165) is 0 Å². The summed E-state index contributed by atoms with van der Waals surface area (Å²) in [5.41, 5.74) is 7.63. The summed E-state index contributed by atoms with van der Waals surface area (Å²) in [7, 11) is 0. The van der Waals surface area contributed by atoms with Crippen molar-refractivity contribution in [3.63, 3.8) is 0 Å². The number of amides is 3. The van der Waals surface area contributed by atoms with Gasteiger partial charge in [0.1, 0.15) is 0 Å². The van der Waals surface area contributed by atoms with Crippen molar-refractivity contribution in [2.75, 3.05) is 13.1 Å². The third kappa shape index (κ3) is 4.89. The normalized spacial score (nSPS) is 11.2. The van der Waals surface area contributed by atoms with Crippen molar-refractivity contribution >= 4 is 23.8 Å². The minimum absolute atomic E-state index is 0.229. The molecule has 136 valence electrons. The molecule has 25 heavy (non-hydrogen) atoms. The number of carbonyl (C=O) groups is 3. The molecule has 0 radical (unpaired) electrons. The molecular formula is C13H11F5N4O3. The number of nitrogens with two attached hydrogens (primary N) is 2. The SMILES string of the molecule is NC(=O)CNC(=O)CNC(=O)C(N)=Cc1c(F)c(F)c(F)c(F)c1F. The van der Waals surface area contributed by atoms with Crippen molar-refractivity contribution in [2.24, 2.45) is 11.5 Å². The number of primary amides is 1. The van der Waals surface area contributed by atoms with Crippen LogP contribution in [0.25, 0.3) is 6.08 Å². The quantitative estimate of drug-likeness (QED) is 0.232. The summed E-state index contributed by atoms with van der Waals surface area (Å²) >= 11 is 0. The van der Waals surface area contributed by atoms with Gasteiger partial charge in [0.15, 0.2) is 23.3 Å². The van der Waals surface area contributed by atoms with Gasteiger partial charge in [-0.3, -0.25) is 14.4 Å². The Hall–Kier alpha value is -3.18. The van der Waals surface area contributed by atoms with E-state index < -0.39 is 71.2 Å². The van der Waals surface area contributed by atoms with Crippen LogP contribution in [0, 0.1) is 29.1 Å². The number of halogens is 5. The molecule has 0 spiro atoms. The Kier molecular flexibility index (Phi) is 6.42. The van der Waals surface area contributed by atoms with Gasteiger partial charge in [0.05, 0.1) is 24.4 Å². The van der Waals surface area contributed by atoms with Crippen LogP contribution < -0.4 is 22.1 Å². The van der Waals surface area contributed by atoms with Gasteiger partial charge in [-0.25, -0.2) is 22.0 Å². The Bertz CT molecular complexity index is 738. The fourth-order valence-electron chi connectivity index (χ4n) is 1.48. The van der Waals surface area contributed by atoms with Crippen molar-refractivity contribution in [1.29, 1.82) is 0 Å². The van der Waals surface area contributed by atoms with Gasteiger partial charge in [0, 0.05) is 0 Å². The molecule has 12 heteroatoms. The molecule has 0 saturated carbocycles. The number of hydrogen-bond acceptors (Lipinski definition) is 4. The van der Waals surface area contributed by atoms with E-state index in [4.69, 9.17) is 11.5 Å². The maximum atomic E-state index is 13.5. The highest BCUT2D eigenvalue weighted by Gasteiger charge is 2.25. The standard InChI is InChI=1S/C13H11F5N4O3/c14-8-4(9(15)11(17)12(18)10(8)16)1-5(19)13(25)22-3-7(24)21-2-6(20)23/h1H,2-3,19H2,(H2,20,23)(H,21,24)(H,22,25). The minimum Gasteiger partial charge on any atom is -0.394 e. The molecule has 7 nitrogen and oxygen atoms in total. The van der Waals surface area contributed by atoms with E-state index in [2.05, 4.69) is 0 Å². The van der Waals surface area contributed by atoms with Crippen molar-refractivity contribution in [3.05, 3.63) is 40.3 Å². The molecule has 0 atom stereocenters. The van der Waals surface area contributed by atoms with Gasteiger partial charge >= 0.3 is 0 Å². The zero-order valence-electron chi connectivity index (χ0n) is 12.3. The van der Waals surface area contributed by atoms with Gasteiger partial charge < -0.3 is 22.1 Å². The second-order valence-corrected chi connectivity index (χ2v) is 4.51. The second-order valence-electron chi connectivity index (χ2n) is 4.51. The van der Waals surface area contributed by atoms with Gasteiger partial charge in [0.2, 0.25) is 17.6 Å². The van der Waals surface area contributed by atoms with Gasteiger partial charge in [-0.05, 0) is 6.08 Å². The van der Waals surface area contributed by atoms with Crippen LogP contribution in [0.1, 0.15) is 5.56 Å². The van der Waals surface area contributed by atoms with Crippen LogP contribution in [-0.4, -0.2) is 30.8 Å². The lowest BCUT2D eigenvalue weighted by Crippen LogP contribution is -2.41. The maximum Gasteiger partial charge on any atom is 0.267 e. The monoisotopic (exact) mass is 366 g/mol. The van der Waals surface area contributed by atoms with E-state index in [-0.39, 0.29) is 6.08 Å². The predicted molar refractivity (Wildman–Crippen MR) is 73.6 cm³/mol. The smallest absolute Gasteiger partial charge is 0.267 e. The Balaban J connectivity index is 2.90. The van der Waals surface area contributed by atoms with E-state index in [9.17, 15) is 36.3 Å². The molecule has 0 aliphatic carbocycles. The molecule has 0 aliphatic rings. The van der Waals surface area contributed by atoms with Gasteiger partial charge in [0.25, 0.3) is 5.91 Å². The van der Waals surface area contributed by atoms with E-state index in [1.807, 2.05) is 10.6 Å². The summed E-state index contributed by atoms with van der Waals surface area (Å²) in [6.07, 6.45) is 0.229. The summed E-state index contributed by atoms with van der Waals surface area (Å²) in [5.74, 6) is -14.0.